The van der Waals surface area contributed by atoms with Crippen LogP contribution in [0.4, 0.5) is 24.0 Å². The molecule has 1 N–H and O–H groups in total. The fraction of sp³-hybridized carbons (Fsp3) is 0.217. The van der Waals surface area contributed by atoms with E-state index < -0.39 is 23.1 Å². The van der Waals surface area contributed by atoms with E-state index in [1.807, 2.05) is 48.1 Å². The molecule has 4 aromatic rings. The second-order valence-electron chi connectivity index (χ2n) is 7.70. The molecule has 11 heteroatoms. The van der Waals surface area contributed by atoms with Gasteiger partial charge in [-0.3, -0.25) is 4.79 Å². The number of alkyl halides is 3. The molecule has 0 fully saturated rings. The van der Waals surface area contributed by atoms with Crippen LogP contribution in [0.15, 0.2) is 64.1 Å². The number of fused-ring (bicyclic) bond motifs is 1. The number of aromatic amines is 1. The van der Waals surface area contributed by atoms with Gasteiger partial charge in [0, 0.05) is 66.9 Å². The molecule has 0 spiro atoms. The summed E-state index contributed by atoms with van der Waals surface area (Å²) >= 11 is 1.11. The monoisotopic (exact) mass is 487 g/mol. The standard InChI is InChI=1S/C23H20F3N5O2S/c1-30(2)14-6-10-31(11-7-14)12-8-17-18(21(33)29-22-27-9-13-34-22)20(32)15-4-3-5-16(19(15)28-17)23(24,25)26/h3-7,9-11,13H,8,12H2,1-2H3,(H-,27,28,29,32,33). The third-order valence-corrected chi connectivity index (χ3v) is 5.92. The van der Waals surface area contributed by atoms with Crippen LogP contribution in [0, 0.1) is 0 Å². The van der Waals surface area contributed by atoms with Crippen molar-refractivity contribution in [3.05, 3.63) is 81.3 Å². The van der Waals surface area contributed by atoms with E-state index in [4.69, 9.17) is 0 Å². The molecule has 176 valence electrons. The molecule has 0 bridgehead atoms. The maximum absolute atomic E-state index is 13.6. The molecule has 0 unspecified atom stereocenters. The first kappa shape index (κ1) is 23.4. The van der Waals surface area contributed by atoms with Crippen molar-refractivity contribution in [1.82, 2.24) is 9.97 Å². The quantitative estimate of drug-likeness (QED) is 0.257. The van der Waals surface area contributed by atoms with Crippen molar-refractivity contribution in [3.63, 3.8) is 0 Å². The molecular weight excluding hydrogens is 467 g/mol. The Morgan fingerprint density at radius 2 is 1.97 bits per heavy atom. The first-order chi connectivity index (χ1) is 16.1. The third kappa shape index (κ3) is 4.79. The Labute approximate surface area is 196 Å². The second-order valence-corrected chi connectivity index (χ2v) is 8.58. The maximum atomic E-state index is 13.6. The summed E-state index contributed by atoms with van der Waals surface area (Å²) in [7, 11) is 3.81. The summed E-state index contributed by atoms with van der Waals surface area (Å²) in [5, 5.41) is 14.5. The number of thiazole rings is 1. The van der Waals surface area contributed by atoms with Gasteiger partial charge in [-0.05, 0) is 12.1 Å². The van der Waals surface area contributed by atoms with Gasteiger partial charge in [0.25, 0.3) is 0 Å². The average molecular weight is 488 g/mol. The van der Waals surface area contributed by atoms with Crippen LogP contribution in [0.25, 0.3) is 10.9 Å². The number of aliphatic imine (C=N–C) groups is 1. The predicted octanol–water partition coefficient (Wildman–Crippen LogP) is 3.04. The number of aromatic nitrogens is 3. The Balaban J connectivity index is 1.83. The van der Waals surface area contributed by atoms with Gasteiger partial charge in [-0.15, -0.1) is 11.3 Å². The van der Waals surface area contributed by atoms with Crippen LogP contribution in [0.1, 0.15) is 16.8 Å². The number of rotatable bonds is 6. The third-order valence-electron chi connectivity index (χ3n) is 5.26. The fourth-order valence-corrected chi connectivity index (χ4v) is 4.06. The lowest BCUT2D eigenvalue weighted by molar-refractivity contribution is -0.696. The van der Waals surface area contributed by atoms with E-state index in [0.717, 1.165) is 29.2 Å². The van der Waals surface area contributed by atoms with Crippen LogP contribution in [0.2, 0.25) is 0 Å². The van der Waals surface area contributed by atoms with Crippen LogP contribution >= 0.6 is 11.3 Å². The van der Waals surface area contributed by atoms with E-state index in [0.29, 0.717) is 6.54 Å². The van der Waals surface area contributed by atoms with E-state index in [2.05, 4.69) is 15.0 Å². The summed E-state index contributed by atoms with van der Waals surface area (Å²) in [6, 6.07) is 7.08. The van der Waals surface area contributed by atoms with Gasteiger partial charge in [0.15, 0.2) is 24.4 Å². The lowest BCUT2D eigenvalue weighted by atomic mass is 10.0. The molecule has 1 aromatic carbocycles. The van der Waals surface area contributed by atoms with Gasteiger partial charge >= 0.3 is 6.18 Å². The van der Waals surface area contributed by atoms with Crippen molar-refractivity contribution in [2.24, 2.45) is 4.99 Å². The fourth-order valence-electron chi connectivity index (χ4n) is 3.56. The lowest BCUT2D eigenvalue weighted by Gasteiger charge is -2.17. The highest BCUT2D eigenvalue weighted by Gasteiger charge is 2.33. The Morgan fingerprint density at radius 3 is 2.59 bits per heavy atom. The van der Waals surface area contributed by atoms with Crippen LogP contribution in [0.5, 0.6) is 0 Å². The Bertz CT molecular complexity index is 1400. The Hall–Kier alpha value is -3.73. The van der Waals surface area contributed by atoms with Gasteiger partial charge in [0.05, 0.1) is 16.6 Å². The van der Waals surface area contributed by atoms with Gasteiger partial charge < -0.3 is 15.0 Å². The minimum atomic E-state index is -4.67. The van der Waals surface area contributed by atoms with Gasteiger partial charge in [-0.2, -0.15) is 13.2 Å². The highest BCUT2D eigenvalue weighted by molar-refractivity contribution is 7.13. The molecule has 0 amide bonds. The minimum Gasteiger partial charge on any atom is -0.858 e. The molecule has 4 rings (SSSR count). The summed E-state index contributed by atoms with van der Waals surface area (Å²) in [6.45, 7) is 0.320. The summed E-state index contributed by atoms with van der Waals surface area (Å²) in [5.74, 6) is -0.849. The SMILES string of the molecule is CN(C)c1cc[n+](CCc2[nH]c3c(C(F)(F)F)cccc3c(=O)c2/C([O-])=N/c2nccs2)cc1. The summed E-state index contributed by atoms with van der Waals surface area (Å²) in [5.41, 5.74) is -1.34. The first-order valence-electron chi connectivity index (χ1n) is 10.2. The lowest BCUT2D eigenvalue weighted by Crippen LogP contribution is -2.36. The molecular formula is C23H20F3N5O2S. The molecule has 7 nitrogen and oxygen atoms in total. The van der Waals surface area contributed by atoms with Crippen molar-refractivity contribution < 1.29 is 22.8 Å². The van der Waals surface area contributed by atoms with E-state index in [-0.39, 0.29) is 33.7 Å². The van der Waals surface area contributed by atoms with E-state index in [9.17, 15) is 23.1 Å². The van der Waals surface area contributed by atoms with E-state index in [1.54, 1.807) is 5.38 Å². The van der Waals surface area contributed by atoms with Gasteiger partial charge in [-0.25, -0.2) is 14.5 Å². The highest BCUT2D eigenvalue weighted by atomic mass is 32.1. The zero-order valence-corrected chi connectivity index (χ0v) is 19.1. The van der Waals surface area contributed by atoms with Crippen molar-refractivity contribution in [3.8, 4) is 0 Å². The Morgan fingerprint density at radius 1 is 1.24 bits per heavy atom. The van der Waals surface area contributed by atoms with Crippen molar-refractivity contribution in [2.75, 3.05) is 19.0 Å². The molecule has 3 aromatic heterocycles. The first-order valence-corrected chi connectivity index (χ1v) is 11.1. The number of anilines is 1. The van der Waals surface area contributed by atoms with Crippen LogP contribution < -0.4 is 20.0 Å². The number of H-pyrrole nitrogens is 1. The van der Waals surface area contributed by atoms with Crippen molar-refractivity contribution in [2.45, 2.75) is 19.1 Å². The zero-order valence-electron chi connectivity index (χ0n) is 18.3. The molecule has 0 aliphatic carbocycles. The predicted molar refractivity (Wildman–Crippen MR) is 123 cm³/mol. The number of hydrogen-bond donors (Lipinski definition) is 1. The largest absolute Gasteiger partial charge is 0.858 e. The minimum absolute atomic E-state index is 0.0868. The highest BCUT2D eigenvalue weighted by Crippen LogP contribution is 2.33. The molecule has 0 atom stereocenters. The van der Waals surface area contributed by atoms with E-state index >= 15 is 0 Å². The van der Waals surface area contributed by atoms with Gasteiger partial charge in [0.2, 0.25) is 5.13 Å². The number of pyridine rings is 2. The van der Waals surface area contributed by atoms with Crippen LogP contribution in [-0.2, 0) is 19.1 Å². The smallest absolute Gasteiger partial charge is 0.418 e. The molecule has 0 aliphatic rings. The molecule has 34 heavy (non-hydrogen) atoms. The average Bonchev–Trinajstić information content (AvgIpc) is 3.30. The van der Waals surface area contributed by atoms with Crippen molar-refractivity contribution in [1.29, 1.82) is 0 Å². The molecule has 0 radical (unpaired) electrons. The van der Waals surface area contributed by atoms with Crippen LogP contribution in [-0.4, -0.2) is 30.0 Å². The number of nitrogens with zero attached hydrogens (tertiary/aromatic N) is 4. The molecule has 0 saturated heterocycles. The zero-order chi connectivity index (χ0) is 24.5. The molecule has 3 heterocycles. The summed E-state index contributed by atoms with van der Waals surface area (Å²) < 4.78 is 42.7. The Kier molecular flexibility index (Phi) is 6.38. The second kappa shape index (κ2) is 9.26. The number of benzene rings is 1. The molecule has 0 aliphatic heterocycles. The topological polar surface area (TPSA) is 88.3 Å². The molecule has 0 saturated carbocycles. The van der Waals surface area contributed by atoms with Gasteiger partial charge in [0.1, 0.15) is 0 Å². The van der Waals surface area contributed by atoms with Crippen LogP contribution in [0.3, 0.4) is 0 Å². The van der Waals surface area contributed by atoms with Gasteiger partial charge in [-0.1, -0.05) is 6.07 Å². The number of aryl methyl sites for hydroxylation is 2. The number of nitrogens with one attached hydrogen (secondary N) is 1. The number of halogens is 3. The maximum Gasteiger partial charge on any atom is 0.418 e. The summed E-state index contributed by atoms with van der Waals surface area (Å²) in [4.78, 5) is 25.7. The summed E-state index contributed by atoms with van der Waals surface area (Å²) in [6.07, 6.45) is 0.533. The normalized spacial score (nSPS) is 12.3. The van der Waals surface area contributed by atoms with Crippen molar-refractivity contribution >= 4 is 39.0 Å². The number of hydrogen-bond acceptors (Lipinski definition) is 6. The van der Waals surface area contributed by atoms with E-state index in [1.165, 1.54) is 12.3 Å². The number of para-hydroxylation sites is 1.